The van der Waals surface area contributed by atoms with Crippen LogP contribution in [0.1, 0.15) is 25.1 Å². The number of nitrogens with one attached hydrogen (secondary N) is 1. The van der Waals surface area contributed by atoms with Gasteiger partial charge in [0.2, 0.25) is 0 Å². The third-order valence-electron chi connectivity index (χ3n) is 2.70. The largest absolute Gasteiger partial charge is 0.299 e. The van der Waals surface area contributed by atoms with Crippen molar-refractivity contribution in [2.24, 2.45) is 0 Å². The zero-order valence-corrected chi connectivity index (χ0v) is 10.4. The van der Waals surface area contributed by atoms with Gasteiger partial charge in [0, 0.05) is 23.1 Å². The van der Waals surface area contributed by atoms with Crippen molar-refractivity contribution in [3.8, 4) is 0 Å². The van der Waals surface area contributed by atoms with Gasteiger partial charge in [-0.25, -0.2) is 0 Å². The third kappa shape index (κ3) is 2.33. The van der Waals surface area contributed by atoms with E-state index in [1.165, 1.54) is 17.1 Å². The van der Waals surface area contributed by atoms with Crippen LogP contribution in [-0.4, -0.2) is 16.7 Å². The highest BCUT2D eigenvalue weighted by Gasteiger charge is 2.34. The zero-order valence-electron chi connectivity index (χ0n) is 8.75. The van der Waals surface area contributed by atoms with Gasteiger partial charge >= 0.3 is 0 Å². The molecule has 1 nitrogen and oxygen atoms in total. The molecule has 0 saturated carbocycles. The molecule has 1 saturated heterocycles. The number of rotatable bonds is 3. The second-order valence-electron chi connectivity index (χ2n) is 4.05. The van der Waals surface area contributed by atoms with Crippen LogP contribution in [0.4, 0.5) is 0 Å². The standard InChI is InChI=1S/C11H17NS2/c1-3-9-8-14-11(2,12-9)7-10-5-4-6-13-10/h4-6,9,12H,3,7-8H2,1-2H3. The van der Waals surface area contributed by atoms with E-state index in [1.807, 2.05) is 11.3 Å². The minimum atomic E-state index is 0.269. The monoisotopic (exact) mass is 227 g/mol. The molecular weight excluding hydrogens is 210 g/mol. The van der Waals surface area contributed by atoms with Gasteiger partial charge in [-0.15, -0.1) is 23.1 Å². The molecule has 0 bridgehead atoms. The van der Waals surface area contributed by atoms with Gasteiger partial charge in [0.25, 0.3) is 0 Å². The molecule has 1 aromatic rings. The SMILES string of the molecule is CCC1CSC(C)(Cc2cccs2)N1. The van der Waals surface area contributed by atoms with Crippen LogP contribution in [0.2, 0.25) is 0 Å². The summed E-state index contributed by atoms with van der Waals surface area (Å²) >= 11 is 3.93. The number of thiophene rings is 1. The van der Waals surface area contributed by atoms with E-state index < -0.39 is 0 Å². The average molecular weight is 227 g/mol. The van der Waals surface area contributed by atoms with E-state index in [1.54, 1.807) is 0 Å². The van der Waals surface area contributed by atoms with Crippen LogP contribution in [0.3, 0.4) is 0 Å². The minimum Gasteiger partial charge on any atom is -0.299 e. The lowest BCUT2D eigenvalue weighted by Crippen LogP contribution is -2.40. The maximum Gasteiger partial charge on any atom is 0.0668 e. The van der Waals surface area contributed by atoms with Crippen LogP contribution in [0.15, 0.2) is 17.5 Å². The summed E-state index contributed by atoms with van der Waals surface area (Å²) in [4.78, 5) is 1.76. The fourth-order valence-electron chi connectivity index (χ4n) is 1.87. The van der Waals surface area contributed by atoms with Gasteiger partial charge in [-0.05, 0) is 24.8 Å². The van der Waals surface area contributed by atoms with Gasteiger partial charge in [0.15, 0.2) is 0 Å². The van der Waals surface area contributed by atoms with Crippen molar-refractivity contribution < 1.29 is 0 Å². The Morgan fingerprint density at radius 2 is 2.50 bits per heavy atom. The topological polar surface area (TPSA) is 12.0 Å². The first-order valence-electron chi connectivity index (χ1n) is 5.16. The summed E-state index contributed by atoms with van der Waals surface area (Å²) in [7, 11) is 0. The van der Waals surface area contributed by atoms with Gasteiger partial charge < -0.3 is 0 Å². The van der Waals surface area contributed by atoms with Crippen molar-refractivity contribution in [3.05, 3.63) is 22.4 Å². The Kier molecular flexibility index (Phi) is 3.20. The lowest BCUT2D eigenvalue weighted by Gasteiger charge is -2.23. The predicted octanol–water partition coefficient (Wildman–Crippen LogP) is 3.12. The van der Waals surface area contributed by atoms with Crippen molar-refractivity contribution in [1.29, 1.82) is 0 Å². The molecule has 0 spiro atoms. The molecule has 1 N–H and O–H groups in total. The van der Waals surface area contributed by atoms with E-state index in [0.717, 1.165) is 6.42 Å². The van der Waals surface area contributed by atoms with Crippen LogP contribution in [0, 0.1) is 0 Å². The van der Waals surface area contributed by atoms with Crippen molar-refractivity contribution in [1.82, 2.24) is 5.32 Å². The molecule has 3 heteroatoms. The maximum absolute atomic E-state index is 3.72. The van der Waals surface area contributed by atoms with Gasteiger partial charge in [-0.2, -0.15) is 0 Å². The van der Waals surface area contributed by atoms with Crippen LogP contribution >= 0.6 is 23.1 Å². The molecule has 0 aromatic carbocycles. The summed E-state index contributed by atoms with van der Waals surface area (Å²) in [6, 6.07) is 5.09. The molecule has 0 aliphatic carbocycles. The van der Waals surface area contributed by atoms with E-state index in [0.29, 0.717) is 6.04 Å². The Labute approximate surface area is 94.3 Å². The third-order valence-corrected chi connectivity index (χ3v) is 5.04. The number of thioether (sulfide) groups is 1. The molecule has 78 valence electrons. The molecule has 2 rings (SSSR count). The lowest BCUT2D eigenvalue weighted by molar-refractivity contribution is 0.457. The number of hydrogen-bond donors (Lipinski definition) is 1. The van der Waals surface area contributed by atoms with Gasteiger partial charge in [-0.3, -0.25) is 5.32 Å². The first kappa shape index (κ1) is 10.5. The Hall–Kier alpha value is 0.01000. The highest BCUT2D eigenvalue weighted by atomic mass is 32.2. The smallest absolute Gasteiger partial charge is 0.0668 e. The first-order valence-corrected chi connectivity index (χ1v) is 7.02. The minimum absolute atomic E-state index is 0.269. The summed E-state index contributed by atoms with van der Waals surface area (Å²) in [5, 5.41) is 5.89. The Morgan fingerprint density at radius 1 is 1.64 bits per heavy atom. The molecule has 1 fully saturated rings. The highest BCUT2D eigenvalue weighted by Crippen LogP contribution is 2.34. The fraction of sp³-hybridized carbons (Fsp3) is 0.636. The molecule has 2 unspecified atom stereocenters. The summed E-state index contributed by atoms with van der Waals surface area (Å²) in [5.74, 6) is 1.26. The second-order valence-corrected chi connectivity index (χ2v) is 6.60. The lowest BCUT2D eigenvalue weighted by atomic mass is 10.1. The van der Waals surface area contributed by atoms with Crippen molar-refractivity contribution in [2.45, 2.75) is 37.6 Å². The molecule has 2 atom stereocenters. The van der Waals surface area contributed by atoms with Crippen molar-refractivity contribution in [3.63, 3.8) is 0 Å². The van der Waals surface area contributed by atoms with Crippen LogP contribution in [0.5, 0.6) is 0 Å². The fourth-order valence-corrected chi connectivity index (χ4v) is 4.22. The van der Waals surface area contributed by atoms with E-state index in [-0.39, 0.29) is 4.87 Å². The zero-order chi connectivity index (χ0) is 10.0. The van der Waals surface area contributed by atoms with Gasteiger partial charge in [-0.1, -0.05) is 13.0 Å². The molecule has 1 aliphatic rings. The maximum atomic E-state index is 3.72. The summed E-state index contributed by atoms with van der Waals surface area (Å²) < 4.78 is 0. The van der Waals surface area contributed by atoms with Crippen LogP contribution in [-0.2, 0) is 6.42 Å². The molecule has 0 radical (unpaired) electrons. The summed E-state index contributed by atoms with van der Waals surface area (Å²) in [6.07, 6.45) is 2.40. The Morgan fingerprint density at radius 3 is 3.07 bits per heavy atom. The number of hydrogen-bond acceptors (Lipinski definition) is 3. The van der Waals surface area contributed by atoms with Crippen LogP contribution in [0.25, 0.3) is 0 Å². The summed E-state index contributed by atoms with van der Waals surface area (Å²) in [5.41, 5.74) is 0. The van der Waals surface area contributed by atoms with E-state index in [4.69, 9.17) is 0 Å². The summed E-state index contributed by atoms with van der Waals surface area (Å²) in [6.45, 7) is 4.59. The normalized spacial score (nSPS) is 32.3. The van der Waals surface area contributed by atoms with E-state index >= 15 is 0 Å². The molecule has 0 amide bonds. The van der Waals surface area contributed by atoms with Crippen molar-refractivity contribution >= 4 is 23.1 Å². The Balaban J connectivity index is 1.97. The predicted molar refractivity (Wildman–Crippen MR) is 66.1 cm³/mol. The van der Waals surface area contributed by atoms with Crippen LogP contribution < -0.4 is 5.32 Å². The van der Waals surface area contributed by atoms with Gasteiger partial charge in [0.05, 0.1) is 4.87 Å². The van der Waals surface area contributed by atoms with Gasteiger partial charge in [0.1, 0.15) is 0 Å². The molecule has 14 heavy (non-hydrogen) atoms. The average Bonchev–Trinajstić information content (AvgIpc) is 2.76. The van der Waals surface area contributed by atoms with Crippen molar-refractivity contribution in [2.75, 3.05) is 5.75 Å². The molecule has 1 aromatic heterocycles. The molecular formula is C11H17NS2. The quantitative estimate of drug-likeness (QED) is 0.851. The first-order chi connectivity index (χ1) is 6.72. The van der Waals surface area contributed by atoms with E-state index in [9.17, 15) is 0 Å². The Bertz CT molecular complexity index is 283. The van der Waals surface area contributed by atoms with E-state index in [2.05, 4.69) is 48.4 Å². The second kappa shape index (κ2) is 4.25. The molecule has 1 aliphatic heterocycles. The molecule has 2 heterocycles. The highest BCUT2D eigenvalue weighted by molar-refractivity contribution is 8.00.